The second-order valence-corrected chi connectivity index (χ2v) is 6.86. The fourth-order valence-electron chi connectivity index (χ4n) is 2.30. The van der Waals surface area contributed by atoms with Crippen molar-refractivity contribution in [3.63, 3.8) is 0 Å². The maximum absolute atomic E-state index is 11.7. The van der Waals surface area contributed by atoms with Gasteiger partial charge in [-0.3, -0.25) is 4.79 Å². The van der Waals surface area contributed by atoms with Crippen molar-refractivity contribution in [1.29, 1.82) is 0 Å². The summed E-state index contributed by atoms with van der Waals surface area (Å²) in [4.78, 5) is 11.7. The maximum Gasteiger partial charge on any atom is 0.323 e. The van der Waals surface area contributed by atoms with Crippen LogP contribution in [-0.2, 0) is 9.53 Å². The number of esters is 1. The van der Waals surface area contributed by atoms with Gasteiger partial charge in [-0.2, -0.15) is 0 Å². The smallest absolute Gasteiger partial charge is 0.323 e. The van der Waals surface area contributed by atoms with Gasteiger partial charge in [-0.1, -0.05) is 59.7 Å². The standard InChI is InChI=1S/C19H31NO3.ClH/c1-12(2)15-8-7-9-16(13(3)4)18(15)22-10-11-23-19(21)17(20)14(5)6;/h7-9,12-14,17H,10-11,20H2,1-6H3;1H/t17-;/m0./s1. The molecule has 4 nitrogen and oxygen atoms in total. The second kappa shape index (κ2) is 10.6. The van der Waals surface area contributed by atoms with E-state index in [0.717, 1.165) is 5.75 Å². The van der Waals surface area contributed by atoms with Crippen molar-refractivity contribution in [3.8, 4) is 5.75 Å². The minimum Gasteiger partial charge on any atom is -0.489 e. The monoisotopic (exact) mass is 357 g/mol. The largest absolute Gasteiger partial charge is 0.489 e. The van der Waals surface area contributed by atoms with Crippen LogP contribution in [0.5, 0.6) is 5.75 Å². The quantitative estimate of drug-likeness (QED) is 0.557. The SMILES string of the molecule is CC(C)c1cccc(C(C)C)c1OCCOC(=O)[C@@H](N)C(C)C.Cl. The van der Waals surface area contributed by atoms with Gasteiger partial charge in [-0.05, 0) is 28.9 Å². The number of carbonyl (C=O) groups is 1. The predicted molar refractivity (Wildman–Crippen MR) is 101 cm³/mol. The van der Waals surface area contributed by atoms with Crippen LogP contribution in [0.25, 0.3) is 0 Å². The molecule has 138 valence electrons. The lowest BCUT2D eigenvalue weighted by molar-refractivity contribution is -0.147. The Balaban J connectivity index is 0.00000529. The Morgan fingerprint density at radius 1 is 1.00 bits per heavy atom. The third kappa shape index (κ3) is 6.33. The zero-order chi connectivity index (χ0) is 17.6. The van der Waals surface area contributed by atoms with Crippen LogP contribution >= 0.6 is 12.4 Å². The molecule has 0 fully saturated rings. The number of hydrogen-bond donors (Lipinski definition) is 1. The summed E-state index contributed by atoms with van der Waals surface area (Å²) in [6, 6.07) is 5.67. The lowest BCUT2D eigenvalue weighted by Crippen LogP contribution is -2.37. The second-order valence-electron chi connectivity index (χ2n) is 6.86. The molecule has 1 atom stereocenters. The third-order valence-electron chi connectivity index (χ3n) is 3.88. The predicted octanol–water partition coefficient (Wildman–Crippen LogP) is 4.26. The summed E-state index contributed by atoms with van der Waals surface area (Å²) in [5, 5.41) is 0. The molecule has 2 N–H and O–H groups in total. The minimum absolute atomic E-state index is 0. The summed E-state index contributed by atoms with van der Waals surface area (Å²) in [6.45, 7) is 12.9. The molecule has 1 aromatic carbocycles. The van der Waals surface area contributed by atoms with Crippen LogP contribution in [0.3, 0.4) is 0 Å². The minimum atomic E-state index is -0.579. The summed E-state index contributed by atoms with van der Waals surface area (Å²) in [7, 11) is 0. The van der Waals surface area contributed by atoms with Crippen LogP contribution in [0, 0.1) is 5.92 Å². The van der Waals surface area contributed by atoms with E-state index in [1.54, 1.807) is 0 Å². The van der Waals surface area contributed by atoms with E-state index >= 15 is 0 Å². The molecule has 0 radical (unpaired) electrons. The Hall–Kier alpha value is -1.26. The van der Waals surface area contributed by atoms with Crippen LogP contribution < -0.4 is 10.5 Å². The maximum atomic E-state index is 11.7. The molecule has 0 aliphatic carbocycles. The Bertz CT molecular complexity index is 489. The van der Waals surface area contributed by atoms with Crippen LogP contribution in [0.1, 0.15) is 64.5 Å². The highest BCUT2D eigenvalue weighted by Crippen LogP contribution is 2.34. The highest BCUT2D eigenvalue weighted by atomic mass is 35.5. The first-order valence-electron chi connectivity index (χ1n) is 8.43. The van der Waals surface area contributed by atoms with Crippen molar-refractivity contribution in [2.45, 2.75) is 59.4 Å². The lowest BCUT2D eigenvalue weighted by Gasteiger charge is -2.20. The number of hydrogen-bond acceptors (Lipinski definition) is 4. The molecule has 0 aliphatic rings. The summed E-state index contributed by atoms with van der Waals surface area (Å²) in [5.41, 5.74) is 8.13. The van der Waals surface area contributed by atoms with E-state index in [1.807, 2.05) is 13.8 Å². The van der Waals surface area contributed by atoms with E-state index in [0.29, 0.717) is 18.4 Å². The van der Waals surface area contributed by atoms with Crippen LogP contribution in [-0.4, -0.2) is 25.2 Å². The van der Waals surface area contributed by atoms with Crippen molar-refractivity contribution >= 4 is 18.4 Å². The highest BCUT2D eigenvalue weighted by molar-refractivity contribution is 5.85. The number of carbonyl (C=O) groups excluding carboxylic acids is 1. The Labute approximate surface area is 152 Å². The number of nitrogens with two attached hydrogens (primary N) is 1. The topological polar surface area (TPSA) is 61.5 Å². The van der Waals surface area contributed by atoms with E-state index in [9.17, 15) is 4.79 Å². The zero-order valence-corrected chi connectivity index (χ0v) is 16.5. The van der Waals surface area contributed by atoms with Crippen molar-refractivity contribution in [2.24, 2.45) is 11.7 Å². The molecular weight excluding hydrogens is 326 g/mol. The van der Waals surface area contributed by atoms with E-state index in [-0.39, 0.29) is 30.9 Å². The first-order valence-corrected chi connectivity index (χ1v) is 8.43. The molecule has 0 unspecified atom stereocenters. The molecule has 0 saturated carbocycles. The molecule has 5 heteroatoms. The van der Waals surface area contributed by atoms with Crippen molar-refractivity contribution in [3.05, 3.63) is 29.3 Å². The van der Waals surface area contributed by atoms with Gasteiger partial charge in [0, 0.05) is 0 Å². The first kappa shape index (κ1) is 22.7. The first-order chi connectivity index (χ1) is 10.8. The van der Waals surface area contributed by atoms with Gasteiger partial charge in [0.15, 0.2) is 0 Å². The number of benzene rings is 1. The number of para-hydroxylation sites is 1. The van der Waals surface area contributed by atoms with Gasteiger partial charge in [0.25, 0.3) is 0 Å². The van der Waals surface area contributed by atoms with Crippen molar-refractivity contribution in [2.75, 3.05) is 13.2 Å². The van der Waals surface area contributed by atoms with Crippen LogP contribution in [0.2, 0.25) is 0 Å². The number of rotatable bonds is 8. The van der Waals surface area contributed by atoms with E-state index in [2.05, 4.69) is 45.9 Å². The molecule has 0 aromatic heterocycles. The number of halogens is 1. The van der Waals surface area contributed by atoms with Crippen molar-refractivity contribution < 1.29 is 14.3 Å². The molecule has 24 heavy (non-hydrogen) atoms. The normalized spacial score (nSPS) is 12.2. The van der Waals surface area contributed by atoms with E-state index in [4.69, 9.17) is 15.2 Å². The molecular formula is C19H32ClNO3. The Kier molecular flexibility index (Phi) is 10.0. The molecule has 0 amide bonds. The molecule has 0 aliphatic heterocycles. The third-order valence-corrected chi connectivity index (χ3v) is 3.88. The Morgan fingerprint density at radius 2 is 1.50 bits per heavy atom. The fraction of sp³-hybridized carbons (Fsp3) is 0.632. The molecule has 0 heterocycles. The fourth-order valence-corrected chi connectivity index (χ4v) is 2.30. The average molecular weight is 358 g/mol. The van der Waals surface area contributed by atoms with Gasteiger partial charge in [0.05, 0.1) is 0 Å². The molecule has 1 rings (SSSR count). The summed E-state index contributed by atoms with van der Waals surface area (Å²) < 4.78 is 11.2. The summed E-state index contributed by atoms with van der Waals surface area (Å²) in [5.74, 6) is 1.37. The van der Waals surface area contributed by atoms with Crippen LogP contribution in [0.4, 0.5) is 0 Å². The van der Waals surface area contributed by atoms with Gasteiger partial charge in [0.2, 0.25) is 0 Å². The Morgan fingerprint density at radius 3 is 1.92 bits per heavy atom. The number of ether oxygens (including phenoxy) is 2. The highest BCUT2D eigenvalue weighted by Gasteiger charge is 2.19. The molecule has 0 bridgehead atoms. The van der Waals surface area contributed by atoms with Gasteiger partial charge in [0.1, 0.15) is 25.0 Å². The van der Waals surface area contributed by atoms with Gasteiger partial charge >= 0.3 is 5.97 Å². The van der Waals surface area contributed by atoms with Crippen molar-refractivity contribution in [1.82, 2.24) is 0 Å². The van der Waals surface area contributed by atoms with Crippen LogP contribution in [0.15, 0.2) is 18.2 Å². The van der Waals surface area contributed by atoms with E-state index in [1.165, 1.54) is 11.1 Å². The van der Waals surface area contributed by atoms with Gasteiger partial charge < -0.3 is 15.2 Å². The average Bonchev–Trinajstić information content (AvgIpc) is 2.49. The summed E-state index contributed by atoms with van der Waals surface area (Å²) in [6.07, 6.45) is 0. The zero-order valence-electron chi connectivity index (χ0n) is 15.7. The molecule has 0 saturated heterocycles. The van der Waals surface area contributed by atoms with Gasteiger partial charge in [-0.15, -0.1) is 12.4 Å². The summed E-state index contributed by atoms with van der Waals surface area (Å²) >= 11 is 0. The molecule has 0 spiro atoms. The van der Waals surface area contributed by atoms with E-state index < -0.39 is 6.04 Å². The lowest BCUT2D eigenvalue weighted by atomic mass is 9.94. The molecule has 1 aromatic rings. The van der Waals surface area contributed by atoms with Gasteiger partial charge in [-0.25, -0.2) is 0 Å².